The molecule has 0 aliphatic carbocycles. The Balaban J connectivity index is 2.10. The zero-order valence-electron chi connectivity index (χ0n) is 12.0. The maximum absolute atomic E-state index is 11.8. The van der Waals surface area contributed by atoms with Gasteiger partial charge < -0.3 is 0 Å². The van der Waals surface area contributed by atoms with Gasteiger partial charge in [0.15, 0.2) is 0 Å². The van der Waals surface area contributed by atoms with Gasteiger partial charge in [-0.05, 0) is 50.3 Å². The summed E-state index contributed by atoms with van der Waals surface area (Å²) < 4.78 is 0. The summed E-state index contributed by atoms with van der Waals surface area (Å²) in [6.45, 7) is 6.79. The van der Waals surface area contributed by atoms with Crippen molar-refractivity contribution >= 4 is 11.8 Å². The van der Waals surface area contributed by atoms with Crippen molar-refractivity contribution in [3.05, 3.63) is 34.4 Å². The van der Waals surface area contributed by atoms with Crippen molar-refractivity contribution in [2.24, 2.45) is 0 Å². The SMILES string of the molecule is Cc1cc(C)c(CCN2C(=O)CCCC2=O)c(C)c1. The van der Waals surface area contributed by atoms with Crippen LogP contribution < -0.4 is 0 Å². The zero-order valence-corrected chi connectivity index (χ0v) is 12.0. The van der Waals surface area contributed by atoms with Gasteiger partial charge in [-0.1, -0.05) is 17.7 Å². The monoisotopic (exact) mass is 259 g/mol. The summed E-state index contributed by atoms with van der Waals surface area (Å²) >= 11 is 0. The lowest BCUT2D eigenvalue weighted by Crippen LogP contribution is -2.41. The van der Waals surface area contributed by atoms with Gasteiger partial charge in [0.05, 0.1) is 0 Å². The van der Waals surface area contributed by atoms with E-state index in [1.807, 2.05) is 0 Å². The van der Waals surface area contributed by atoms with Crippen LogP contribution in [0, 0.1) is 20.8 Å². The van der Waals surface area contributed by atoms with Crippen molar-refractivity contribution in [2.75, 3.05) is 6.54 Å². The number of nitrogens with zero attached hydrogens (tertiary/aromatic N) is 1. The van der Waals surface area contributed by atoms with Gasteiger partial charge >= 0.3 is 0 Å². The van der Waals surface area contributed by atoms with E-state index >= 15 is 0 Å². The summed E-state index contributed by atoms with van der Waals surface area (Å²) in [5.74, 6) is -0.0302. The minimum Gasteiger partial charge on any atom is -0.282 e. The lowest BCUT2D eigenvalue weighted by Gasteiger charge is -2.25. The van der Waals surface area contributed by atoms with Gasteiger partial charge in [-0.25, -0.2) is 0 Å². The summed E-state index contributed by atoms with van der Waals surface area (Å²) in [5, 5.41) is 0. The topological polar surface area (TPSA) is 37.4 Å². The Bertz CT molecular complexity index is 480. The van der Waals surface area contributed by atoms with Crippen LogP contribution in [0.15, 0.2) is 12.1 Å². The van der Waals surface area contributed by atoms with Crippen LogP contribution in [0.1, 0.15) is 41.5 Å². The Hall–Kier alpha value is -1.64. The maximum Gasteiger partial charge on any atom is 0.229 e. The largest absolute Gasteiger partial charge is 0.282 e. The Morgan fingerprint density at radius 2 is 1.53 bits per heavy atom. The molecular weight excluding hydrogens is 238 g/mol. The first-order valence-electron chi connectivity index (χ1n) is 6.89. The minimum absolute atomic E-state index is 0.0151. The Kier molecular flexibility index (Phi) is 4.03. The Labute approximate surface area is 114 Å². The average Bonchev–Trinajstić information content (AvgIpc) is 2.31. The van der Waals surface area contributed by atoms with Gasteiger partial charge in [-0.2, -0.15) is 0 Å². The molecule has 0 aromatic heterocycles. The van der Waals surface area contributed by atoms with Crippen molar-refractivity contribution in [1.29, 1.82) is 0 Å². The number of aryl methyl sites for hydroxylation is 3. The average molecular weight is 259 g/mol. The summed E-state index contributed by atoms with van der Waals surface area (Å²) in [6, 6.07) is 4.31. The number of carbonyl (C=O) groups excluding carboxylic acids is 2. The molecule has 0 radical (unpaired) electrons. The van der Waals surface area contributed by atoms with E-state index in [4.69, 9.17) is 0 Å². The molecule has 1 aromatic rings. The third-order valence-corrected chi connectivity index (χ3v) is 3.81. The highest BCUT2D eigenvalue weighted by Crippen LogP contribution is 2.19. The van der Waals surface area contributed by atoms with E-state index in [2.05, 4.69) is 32.9 Å². The first-order chi connectivity index (χ1) is 8.99. The molecule has 3 heteroatoms. The molecule has 0 unspecified atom stereocenters. The van der Waals surface area contributed by atoms with Gasteiger partial charge in [0.25, 0.3) is 0 Å². The van der Waals surface area contributed by atoms with E-state index in [9.17, 15) is 9.59 Å². The molecular formula is C16H21NO2. The number of amides is 2. The lowest BCUT2D eigenvalue weighted by atomic mass is 9.97. The van der Waals surface area contributed by atoms with Crippen molar-refractivity contribution in [2.45, 2.75) is 46.5 Å². The molecule has 0 saturated carbocycles. The van der Waals surface area contributed by atoms with Crippen LogP contribution in [-0.2, 0) is 16.0 Å². The first-order valence-corrected chi connectivity index (χ1v) is 6.89. The molecule has 1 aromatic carbocycles. The molecule has 3 nitrogen and oxygen atoms in total. The molecule has 0 spiro atoms. The van der Waals surface area contributed by atoms with Gasteiger partial charge in [0.1, 0.15) is 0 Å². The molecule has 19 heavy (non-hydrogen) atoms. The van der Waals surface area contributed by atoms with E-state index in [0.29, 0.717) is 25.8 Å². The van der Waals surface area contributed by atoms with E-state index < -0.39 is 0 Å². The van der Waals surface area contributed by atoms with Crippen molar-refractivity contribution in [1.82, 2.24) is 4.90 Å². The quantitative estimate of drug-likeness (QED) is 0.783. The van der Waals surface area contributed by atoms with E-state index in [-0.39, 0.29) is 11.8 Å². The summed E-state index contributed by atoms with van der Waals surface area (Å²) in [6.07, 6.45) is 2.49. The zero-order chi connectivity index (χ0) is 14.0. The maximum atomic E-state index is 11.8. The number of benzene rings is 1. The second-order valence-corrected chi connectivity index (χ2v) is 5.42. The third kappa shape index (κ3) is 3.03. The van der Waals surface area contributed by atoms with Gasteiger partial charge in [-0.3, -0.25) is 14.5 Å². The Morgan fingerprint density at radius 3 is 2.05 bits per heavy atom. The molecule has 1 saturated heterocycles. The molecule has 2 rings (SSSR count). The van der Waals surface area contributed by atoms with Crippen LogP contribution in [0.3, 0.4) is 0 Å². The number of rotatable bonds is 3. The van der Waals surface area contributed by atoms with Gasteiger partial charge in [0, 0.05) is 19.4 Å². The van der Waals surface area contributed by atoms with Crippen LogP contribution >= 0.6 is 0 Å². The molecule has 0 N–H and O–H groups in total. The standard InChI is InChI=1S/C16H21NO2/c1-11-9-12(2)14(13(3)10-11)7-8-17-15(18)5-4-6-16(17)19/h9-10H,4-8H2,1-3H3. The predicted molar refractivity (Wildman–Crippen MR) is 74.9 cm³/mol. The van der Waals surface area contributed by atoms with Crippen LogP contribution in [0.4, 0.5) is 0 Å². The summed E-state index contributed by atoms with van der Waals surface area (Å²) in [5.41, 5.74) is 5.00. The van der Waals surface area contributed by atoms with Crippen molar-refractivity contribution in [3.63, 3.8) is 0 Å². The molecule has 1 aliphatic rings. The van der Waals surface area contributed by atoms with Crippen LogP contribution in [0.2, 0.25) is 0 Å². The highest BCUT2D eigenvalue weighted by molar-refractivity contribution is 5.97. The first kappa shape index (κ1) is 13.8. The number of hydrogen-bond donors (Lipinski definition) is 0. The number of imide groups is 1. The normalized spacial score (nSPS) is 16.1. The Morgan fingerprint density at radius 1 is 1.00 bits per heavy atom. The number of hydrogen-bond acceptors (Lipinski definition) is 2. The smallest absolute Gasteiger partial charge is 0.229 e. The van der Waals surface area contributed by atoms with E-state index in [0.717, 1.165) is 6.42 Å². The fraction of sp³-hybridized carbons (Fsp3) is 0.500. The molecule has 1 heterocycles. The molecule has 0 bridgehead atoms. The van der Waals surface area contributed by atoms with Crippen LogP contribution in [0.25, 0.3) is 0 Å². The van der Waals surface area contributed by atoms with Crippen LogP contribution in [0.5, 0.6) is 0 Å². The van der Waals surface area contributed by atoms with Crippen LogP contribution in [-0.4, -0.2) is 23.3 Å². The second-order valence-electron chi connectivity index (χ2n) is 5.42. The van der Waals surface area contributed by atoms with E-state index in [1.165, 1.54) is 27.2 Å². The molecule has 0 atom stereocenters. The number of likely N-dealkylation sites (tertiary alicyclic amines) is 1. The highest BCUT2D eigenvalue weighted by atomic mass is 16.2. The second kappa shape index (κ2) is 5.55. The number of piperidine rings is 1. The lowest BCUT2D eigenvalue weighted by molar-refractivity contribution is -0.147. The third-order valence-electron chi connectivity index (χ3n) is 3.81. The predicted octanol–water partition coefficient (Wildman–Crippen LogP) is 2.69. The fourth-order valence-electron chi connectivity index (χ4n) is 2.88. The van der Waals surface area contributed by atoms with E-state index in [1.54, 1.807) is 0 Å². The minimum atomic E-state index is -0.0151. The van der Waals surface area contributed by atoms with Crippen molar-refractivity contribution in [3.8, 4) is 0 Å². The summed E-state index contributed by atoms with van der Waals surface area (Å²) in [4.78, 5) is 24.9. The highest BCUT2D eigenvalue weighted by Gasteiger charge is 2.25. The number of carbonyl (C=O) groups is 2. The van der Waals surface area contributed by atoms with Crippen molar-refractivity contribution < 1.29 is 9.59 Å². The molecule has 1 aliphatic heterocycles. The molecule has 1 fully saturated rings. The fourth-order valence-corrected chi connectivity index (χ4v) is 2.88. The van der Waals surface area contributed by atoms with Gasteiger partial charge in [0.2, 0.25) is 11.8 Å². The molecule has 102 valence electrons. The molecule has 2 amide bonds. The van der Waals surface area contributed by atoms with Gasteiger partial charge in [-0.15, -0.1) is 0 Å². The summed E-state index contributed by atoms with van der Waals surface area (Å²) in [7, 11) is 0.